The van der Waals surface area contributed by atoms with E-state index in [0.29, 0.717) is 0 Å². The Morgan fingerprint density at radius 1 is 1.20 bits per heavy atom. The van der Waals surface area contributed by atoms with Crippen LogP contribution in [-0.2, 0) is 10.0 Å². The molecule has 0 amide bonds. The molecule has 1 rings (SSSR count). The van der Waals surface area contributed by atoms with E-state index in [-0.39, 0.29) is 24.3 Å². The van der Waals surface area contributed by atoms with Crippen LogP contribution in [0.5, 0.6) is 0 Å². The zero-order valence-electron chi connectivity index (χ0n) is 9.34. The lowest BCUT2D eigenvalue weighted by molar-refractivity contribution is 0.0572. The van der Waals surface area contributed by atoms with Crippen LogP contribution in [0.15, 0.2) is 0 Å². The van der Waals surface area contributed by atoms with Gasteiger partial charge in [-0.3, -0.25) is 0 Å². The molecule has 2 unspecified atom stereocenters. The van der Waals surface area contributed by atoms with Crippen molar-refractivity contribution in [3.05, 3.63) is 0 Å². The third kappa shape index (κ3) is 3.41. The van der Waals surface area contributed by atoms with Crippen LogP contribution in [0.1, 0.15) is 20.8 Å². The zero-order chi connectivity index (χ0) is 11.9. The maximum absolute atomic E-state index is 11.8. The van der Waals surface area contributed by atoms with Crippen LogP contribution >= 0.6 is 0 Å². The Balaban J connectivity index is 2.72. The zero-order valence-corrected chi connectivity index (χ0v) is 10.2. The maximum Gasteiger partial charge on any atom is 0.214 e. The van der Waals surface area contributed by atoms with Gasteiger partial charge in [0.15, 0.2) is 0 Å². The molecule has 0 radical (unpaired) electrons. The van der Waals surface area contributed by atoms with E-state index in [1.54, 1.807) is 0 Å². The molecule has 1 aliphatic heterocycles. The fourth-order valence-electron chi connectivity index (χ4n) is 1.60. The third-order valence-corrected chi connectivity index (χ3v) is 4.55. The van der Waals surface area contributed by atoms with Gasteiger partial charge in [0, 0.05) is 13.1 Å². The first-order valence-corrected chi connectivity index (χ1v) is 6.57. The summed E-state index contributed by atoms with van der Waals surface area (Å²) in [6.07, 6.45) is -1.92. The van der Waals surface area contributed by atoms with Crippen molar-refractivity contribution in [1.82, 2.24) is 4.31 Å². The topological polar surface area (TPSA) is 77.8 Å². The van der Waals surface area contributed by atoms with E-state index >= 15 is 0 Å². The van der Waals surface area contributed by atoms with Gasteiger partial charge < -0.3 is 10.2 Å². The predicted octanol–water partition coefficient (Wildman–Crippen LogP) is -0.600. The molecule has 0 aliphatic carbocycles. The van der Waals surface area contributed by atoms with Gasteiger partial charge in [-0.2, -0.15) is 4.31 Å². The lowest BCUT2D eigenvalue weighted by atomic mass is 10.0. The second kappa shape index (κ2) is 4.01. The van der Waals surface area contributed by atoms with E-state index in [9.17, 15) is 18.6 Å². The Labute approximate surface area is 90.8 Å². The Bertz CT molecular complexity index is 309. The van der Waals surface area contributed by atoms with Gasteiger partial charge in [0.25, 0.3) is 0 Å². The number of β-amino-alcohol motifs (C(OH)–C–C–N with tert-alkyl or cyclic N) is 2. The van der Waals surface area contributed by atoms with Gasteiger partial charge in [0.05, 0.1) is 18.0 Å². The molecule has 1 heterocycles. The predicted molar refractivity (Wildman–Crippen MR) is 56.8 cm³/mol. The van der Waals surface area contributed by atoms with Crippen molar-refractivity contribution in [2.75, 3.05) is 18.8 Å². The summed E-state index contributed by atoms with van der Waals surface area (Å²) < 4.78 is 24.8. The van der Waals surface area contributed by atoms with Gasteiger partial charge in [-0.1, -0.05) is 20.8 Å². The van der Waals surface area contributed by atoms with Crippen molar-refractivity contribution in [2.24, 2.45) is 5.41 Å². The highest BCUT2D eigenvalue weighted by atomic mass is 32.2. The van der Waals surface area contributed by atoms with Gasteiger partial charge >= 0.3 is 0 Å². The molecule has 0 aromatic heterocycles. The summed E-state index contributed by atoms with van der Waals surface area (Å²) in [4.78, 5) is 0. The van der Waals surface area contributed by atoms with E-state index in [1.165, 1.54) is 0 Å². The standard InChI is InChI=1S/C9H19NO4S/c1-9(2,3)6-15(13,14)10-4-7(11)8(12)5-10/h7-8,11-12H,4-6H2,1-3H3. The third-order valence-electron chi connectivity index (χ3n) is 2.23. The summed E-state index contributed by atoms with van der Waals surface area (Å²) in [6, 6.07) is 0. The van der Waals surface area contributed by atoms with Crippen LogP contribution in [0.25, 0.3) is 0 Å². The van der Waals surface area contributed by atoms with Crippen molar-refractivity contribution >= 4 is 10.0 Å². The monoisotopic (exact) mass is 237 g/mol. The molecular formula is C9H19NO4S. The summed E-state index contributed by atoms with van der Waals surface area (Å²) in [5, 5.41) is 18.5. The fourth-order valence-corrected chi connectivity index (χ4v) is 3.64. The van der Waals surface area contributed by atoms with Crippen molar-refractivity contribution in [3.63, 3.8) is 0 Å². The molecule has 0 bridgehead atoms. The summed E-state index contributed by atoms with van der Waals surface area (Å²) >= 11 is 0. The minimum atomic E-state index is -3.37. The van der Waals surface area contributed by atoms with E-state index in [0.717, 1.165) is 4.31 Å². The Morgan fingerprint density at radius 2 is 1.60 bits per heavy atom. The number of nitrogens with zero attached hydrogens (tertiary/aromatic N) is 1. The summed E-state index contributed by atoms with van der Waals surface area (Å²) in [5.74, 6) is 0.0272. The molecule has 0 spiro atoms. The minimum absolute atomic E-state index is 0.000417. The van der Waals surface area contributed by atoms with Crippen LogP contribution in [0.3, 0.4) is 0 Å². The number of hydrogen-bond acceptors (Lipinski definition) is 4. The van der Waals surface area contributed by atoms with E-state index in [4.69, 9.17) is 0 Å². The number of aliphatic hydroxyl groups excluding tert-OH is 2. The van der Waals surface area contributed by atoms with E-state index < -0.39 is 22.2 Å². The van der Waals surface area contributed by atoms with Crippen molar-refractivity contribution in [3.8, 4) is 0 Å². The van der Waals surface area contributed by atoms with Crippen molar-refractivity contribution < 1.29 is 18.6 Å². The lowest BCUT2D eigenvalue weighted by Crippen LogP contribution is -2.36. The number of sulfonamides is 1. The Morgan fingerprint density at radius 3 is 1.93 bits per heavy atom. The highest BCUT2D eigenvalue weighted by Gasteiger charge is 2.38. The molecule has 1 fully saturated rings. The molecule has 5 nitrogen and oxygen atoms in total. The SMILES string of the molecule is CC(C)(C)CS(=O)(=O)N1CC(O)C(O)C1. The molecule has 0 aromatic rings. The smallest absolute Gasteiger partial charge is 0.214 e. The average Bonchev–Trinajstić information content (AvgIpc) is 2.27. The van der Waals surface area contributed by atoms with Crippen molar-refractivity contribution in [2.45, 2.75) is 33.0 Å². The second-order valence-corrected chi connectivity index (χ2v) is 7.24. The maximum atomic E-state index is 11.8. The first-order valence-electron chi connectivity index (χ1n) is 4.96. The first-order chi connectivity index (χ1) is 6.62. The Kier molecular flexibility index (Phi) is 3.45. The normalized spacial score (nSPS) is 29.7. The number of aliphatic hydroxyl groups is 2. The van der Waals surface area contributed by atoms with Crippen LogP contribution in [0.4, 0.5) is 0 Å². The molecule has 0 aromatic carbocycles. The largest absolute Gasteiger partial charge is 0.389 e. The average molecular weight is 237 g/mol. The molecule has 90 valence electrons. The fraction of sp³-hybridized carbons (Fsp3) is 1.00. The van der Waals surface area contributed by atoms with Crippen LogP contribution < -0.4 is 0 Å². The highest BCUT2D eigenvalue weighted by molar-refractivity contribution is 7.89. The van der Waals surface area contributed by atoms with Gasteiger partial charge in [0.1, 0.15) is 0 Å². The van der Waals surface area contributed by atoms with Gasteiger partial charge in [-0.25, -0.2) is 8.42 Å². The highest BCUT2D eigenvalue weighted by Crippen LogP contribution is 2.22. The first kappa shape index (κ1) is 12.9. The molecular weight excluding hydrogens is 218 g/mol. The Hall–Kier alpha value is -0.170. The van der Waals surface area contributed by atoms with Gasteiger partial charge in [-0.05, 0) is 5.41 Å². The molecule has 1 saturated heterocycles. The summed E-state index contributed by atoms with van der Waals surface area (Å²) in [5.41, 5.74) is -0.322. The van der Waals surface area contributed by atoms with Crippen LogP contribution in [0, 0.1) is 5.41 Å². The van der Waals surface area contributed by atoms with Gasteiger partial charge in [0.2, 0.25) is 10.0 Å². The molecule has 15 heavy (non-hydrogen) atoms. The molecule has 1 aliphatic rings. The summed E-state index contributed by atoms with van der Waals surface area (Å²) in [7, 11) is -3.37. The number of rotatable bonds is 2. The lowest BCUT2D eigenvalue weighted by Gasteiger charge is -2.23. The van der Waals surface area contributed by atoms with Crippen LogP contribution in [0.2, 0.25) is 0 Å². The van der Waals surface area contributed by atoms with E-state index in [1.807, 2.05) is 20.8 Å². The van der Waals surface area contributed by atoms with Gasteiger partial charge in [-0.15, -0.1) is 0 Å². The summed E-state index contributed by atoms with van der Waals surface area (Å²) in [6.45, 7) is 5.52. The molecule has 6 heteroatoms. The van der Waals surface area contributed by atoms with E-state index in [2.05, 4.69) is 0 Å². The van der Waals surface area contributed by atoms with Crippen molar-refractivity contribution in [1.29, 1.82) is 0 Å². The van der Waals surface area contributed by atoms with Crippen LogP contribution in [-0.4, -0.2) is 54.0 Å². The second-order valence-electron chi connectivity index (χ2n) is 5.27. The molecule has 0 saturated carbocycles. The molecule has 2 N–H and O–H groups in total. The minimum Gasteiger partial charge on any atom is -0.389 e. The number of hydrogen-bond donors (Lipinski definition) is 2. The molecule has 2 atom stereocenters. The quantitative estimate of drug-likeness (QED) is 0.672.